The minimum atomic E-state index is -0.330. The summed E-state index contributed by atoms with van der Waals surface area (Å²) in [6.07, 6.45) is 3.42. The molecule has 0 bridgehead atoms. The molecule has 0 saturated carbocycles. The standard InChI is InChI=1S/C13H15N3OS/c14-7-10-8-15-4-5-16(10)13(17)12-6-9-2-1-3-11(9)18-12/h6,10,15H,1-5,8H2. The largest absolute Gasteiger partial charge is 0.319 e. The minimum absolute atomic E-state index is 0.0300. The van der Waals surface area contributed by atoms with Crippen molar-refractivity contribution in [3.05, 3.63) is 21.4 Å². The van der Waals surface area contributed by atoms with Gasteiger partial charge in [0.15, 0.2) is 0 Å². The first-order valence-corrected chi connectivity index (χ1v) is 7.14. The van der Waals surface area contributed by atoms with E-state index in [1.165, 1.54) is 16.9 Å². The number of thiophene rings is 1. The fourth-order valence-corrected chi connectivity index (χ4v) is 3.85. The van der Waals surface area contributed by atoms with Crippen LogP contribution in [0.1, 0.15) is 26.5 Å². The van der Waals surface area contributed by atoms with Crippen LogP contribution in [0.2, 0.25) is 0 Å². The molecule has 2 heterocycles. The van der Waals surface area contributed by atoms with Crippen LogP contribution in [0, 0.1) is 11.3 Å². The number of hydrogen-bond donors (Lipinski definition) is 1. The molecule has 1 aliphatic carbocycles. The average Bonchev–Trinajstić information content (AvgIpc) is 2.98. The Hall–Kier alpha value is -1.38. The molecule has 1 aromatic heterocycles. The number of amides is 1. The van der Waals surface area contributed by atoms with Gasteiger partial charge in [-0.1, -0.05) is 0 Å². The lowest BCUT2D eigenvalue weighted by molar-refractivity contribution is 0.0692. The van der Waals surface area contributed by atoms with Gasteiger partial charge in [-0.25, -0.2) is 0 Å². The van der Waals surface area contributed by atoms with E-state index in [-0.39, 0.29) is 11.9 Å². The van der Waals surface area contributed by atoms with Crippen LogP contribution in [-0.2, 0) is 12.8 Å². The molecule has 0 aromatic carbocycles. The third-order valence-electron chi connectivity index (χ3n) is 3.61. The third kappa shape index (κ3) is 1.92. The maximum absolute atomic E-state index is 12.4. The average molecular weight is 261 g/mol. The zero-order chi connectivity index (χ0) is 12.5. The summed E-state index contributed by atoms with van der Waals surface area (Å²) in [4.78, 5) is 16.3. The number of piperazine rings is 1. The second-order valence-electron chi connectivity index (χ2n) is 4.76. The first-order chi connectivity index (χ1) is 8.79. The van der Waals surface area contributed by atoms with E-state index in [4.69, 9.17) is 5.26 Å². The molecule has 0 radical (unpaired) electrons. The molecular weight excluding hydrogens is 246 g/mol. The highest BCUT2D eigenvalue weighted by atomic mass is 32.1. The van der Waals surface area contributed by atoms with Crippen molar-refractivity contribution in [2.75, 3.05) is 19.6 Å². The van der Waals surface area contributed by atoms with Gasteiger partial charge in [-0.15, -0.1) is 11.3 Å². The Bertz CT molecular complexity index is 495. The molecule has 1 atom stereocenters. The lowest BCUT2D eigenvalue weighted by Gasteiger charge is -2.31. The quantitative estimate of drug-likeness (QED) is 0.825. The monoisotopic (exact) mass is 261 g/mol. The van der Waals surface area contributed by atoms with Gasteiger partial charge in [0.1, 0.15) is 6.04 Å². The van der Waals surface area contributed by atoms with E-state index in [2.05, 4.69) is 11.4 Å². The summed E-state index contributed by atoms with van der Waals surface area (Å²) in [6.45, 7) is 1.97. The summed E-state index contributed by atoms with van der Waals surface area (Å²) in [5.74, 6) is 0.0300. The minimum Gasteiger partial charge on any atom is -0.319 e. The number of nitrogens with one attached hydrogen (secondary N) is 1. The molecule has 4 nitrogen and oxygen atoms in total. The Morgan fingerprint density at radius 3 is 3.22 bits per heavy atom. The number of fused-ring (bicyclic) bond motifs is 1. The molecule has 1 saturated heterocycles. The van der Waals surface area contributed by atoms with Gasteiger partial charge in [0, 0.05) is 24.5 Å². The lowest BCUT2D eigenvalue weighted by atomic mass is 10.2. The molecule has 1 N–H and O–H groups in total. The van der Waals surface area contributed by atoms with E-state index >= 15 is 0 Å². The van der Waals surface area contributed by atoms with Crippen LogP contribution in [0.4, 0.5) is 0 Å². The maximum atomic E-state index is 12.4. The van der Waals surface area contributed by atoms with Crippen LogP contribution in [0.3, 0.4) is 0 Å². The van der Waals surface area contributed by atoms with Gasteiger partial charge in [0.2, 0.25) is 0 Å². The number of carbonyl (C=O) groups is 1. The van der Waals surface area contributed by atoms with E-state index in [1.807, 2.05) is 6.07 Å². The maximum Gasteiger partial charge on any atom is 0.265 e. The highest BCUT2D eigenvalue weighted by Crippen LogP contribution is 2.31. The second-order valence-corrected chi connectivity index (χ2v) is 5.90. The first kappa shape index (κ1) is 11.7. The number of carbonyl (C=O) groups excluding carboxylic acids is 1. The van der Waals surface area contributed by atoms with Crippen LogP contribution in [0.25, 0.3) is 0 Å². The number of hydrogen-bond acceptors (Lipinski definition) is 4. The van der Waals surface area contributed by atoms with E-state index in [0.29, 0.717) is 13.1 Å². The van der Waals surface area contributed by atoms with Gasteiger partial charge in [0.25, 0.3) is 5.91 Å². The lowest BCUT2D eigenvalue weighted by Crippen LogP contribution is -2.52. The number of aryl methyl sites for hydroxylation is 2. The summed E-state index contributed by atoms with van der Waals surface area (Å²) in [5.41, 5.74) is 1.34. The van der Waals surface area contributed by atoms with Gasteiger partial charge < -0.3 is 10.2 Å². The van der Waals surface area contributed by atoms with Crippen molar-refractivity contribution >= 4 is 17.2 Å². The van der Waals surface area contributed by atoms with Crippen molar-refractivity contribution in [3.8, 4) is 6.07 Å². The highest BCUT2D eigenvalue weighted by molar-refractivity contribution is 7.14. The fourth-order valence-electron chi connectivity index (χ4n) is 2.64. The summed E-state index contributed by atoms with van der Waals surface area (Å²) in [6, 6.07) is 3.90. The Morgan fingerprint density at radius 2 is 2.44 bits per heavy atom. The third-order valence-corrected chi connectivity index (χ3v) is 4.84. The normalized spacial score (nSPS) is 22.6. The SMILES string of the molecule is N#CC1CNCCN1C(=O)c1cc2c(s1)CCC2. The Morgan fingerprint density at radius 1 is 1.56 bits per heavy atom. The predicted octanol–water partition coefficient (Wildman–Crippen LogP) is 1.17. The van der Waals surface area contributed by atoms with Crippen molar-refractivity contribution in [1.29, 1.82) is 5.26 Å². The fraction of sp³-hybridized carbons (Fsp3) is 0.538. The number of nitrogens with zero attached hydrogens (tertiary/aromatic N) is 2. The van der Waals surface area contributed by atoms with E-state index in [1.54, 1.807) is 16.2 Å². The molecule has 1 fully saturated rings. The van der Waals surface area contributed by atoms with Crippen molar-refractivity contribution in [2.24, 2.45) is 0 Å². The molecule has 1 aromatic rings. The van der Waals surface area contributed by atoms with Crippen LogP contribution < -0.4 is 5.32 Å². The molecule has 1 aliphatic heterocycles. The zero-order valence-electron chi connectivity index (χ0n) is 10.1. The van der Waals surface area contributed by atoms with Crippen LogP contribution in [-0.4, -0.2) is 36.5 Å². The molecule has 94 valence electrons. The zero-order valence-corrected chi connectivity index (χ0v) is 10.9. The predicted molar refractivity (Wildman–Crippen MR) is 69.7 cm³/mol. The molecular formula is C13H15N3OS. The second kappa shape index (κ2) is 4.71. The van der Waals surface area contributed by atoms with E-state index < -0.39 is 0 Å². The van der Waals surface area contributed by atoms with Crippen LogP contribution in [0.15, 0.2) is 6.07 Å². The van der Waals surface area contributed by atoms with E-state index in [9.17, 15) is 4.79 Å². The topological polar surface area (TPSA) is 56.1 Å². The molecule has 5 heteroatoms. The molecule has 1 amide bonds. The number of rotatable bonds is 1. The van der Waals surface area contributed by atoms with Gasteiger partial charge >= 0.3 is 0 Å². The summed E-state index contributed by atoms with van der Waals surface area (Å²) < 4.78 is 0. The van der Waals surface area contributed by atoms with Crippen LogP contribution in [0.5, 0.6) is 0 Å². The van der Waals surface area contributed by atoms with Gasteiger partial charge in [0.05, 0.1) is 10.9 Å². The number of nitriles is 1. The smallest absolute Gasteiger partial charge is 0.265 e. The van der Waals surface area contributed by atoms with Crippen molar-refractivity contribution in [2.45, 2.75) is 25.3 Å². The molecule has 18 heavy (non-hydrogen) atoms. The molecule has 0 spiro atoms. The Balaban J connectivity index is 1.82. The summed E-state index contributed by atoms with van der Waals surface area (Å²) >= 11 is 1.62. The molecule has 1 unspecified atom stereocenters. The Labute approximate surface area is 110 Å². The van der Waals surface area contributed by atoms with Crippen molar-refractivity contribution < 1.29 is 4.79 Å². The first-order valence-electron chi connectivity index (χ1n) is 6.32. The Kier molecular flexibility index (Phi) is 3.06. The summed E-state index contributed by atoms with van der Waals surface area (Å²) in [7, 11) is 0. The van der Waals surface area contributed by atoms with Gasteiger partial charge in [-0.2, -0.15) is 5.26 Å². The van der Waals surface area contributed by atoms with Crippen molar-refractivity contribution in [1.82, 2.24) is 10.2 Å². The van der Waals surface area contributed by atoms with Crippen molar-refractivity contribution in [3.63, 3.8) is 0 Å². The van der Waals surface area contributed by atoms with E-state index in [0.717, 1.165) is 24.3 Å². The molecule has 2 aliphatic rings. The van der Waals surface area contributed by atoms with Crippen LogP contribution >= 0.6 is 11.3 Å². The molecule has 3 rings (SSSR count). The van der Waals surface area contributed by atoms with Gasteiger partial charge in [-0.3, -0.25) is 4.79 Å². The van der Waals surface area contributed by atoms with Gasteiger partial charge in [-0.05, 0) is 30.9 Å². The highest BCUT2D eigenvalue weighted by Gasteiger charge is 2.29. The summed E-state index contributed by atoms with van der Waals surface area (Å²) in [5, 5.41) is 12.2.